The van der Waals surface area contributed by atoms with Crippen LogP contribution < -0.4 is 11.1 Å². The van der Waals surface area contributed by atoms with Gasteiger partial charge in [-0.05, 0) is 67.6 Å². The van der Waals surface area contributed by atoms with Crippen molar-refractivity contribution in [3.63, 3.8) is 0 Å². The van der Waals surface area contributed by atoms with Crippen molar-refractivity contribution in [3.8, 4) is 11.3 Å². The summed E-state index contributed by atoms with van der Waals surface area (Å²) < 4.78 is 24.0. The molecule has 8 heteroatoms. The van der Waals surface area contributed by atoms with Crippen LogP contribution >= 0.6 is 11.3 Å². The first kappa shape index (κ1) is 20.8. The van der Waals surface area contributed by atoms with Crippen LogP contribution in [0, 0.1) is 11.7 Å². The molecule has 6 nitrogen and oxygen atoms in total. The molecule has 4 aromatic rings. The van der Waals surface area contributed by atoms with Crippen LogP contribution in [-0.2, 0) is 9.53 Å². The molecule has 0 saturated carbocycles. The van der Waals surface area contributed by atoms with Gasteiger partial charge in [-0.3, -0.25) is 9.20 Å². The van der Waals surface area contributed by atoms with E-state index in [-0.39, 0.29) is 29.8 Å². The Bertz CT molecular complexity index is 1360. The fraction of sp³-hybridized carbons (Fsp3) is 0.360. The van der Waals surface area contributed by atoms with Gasteiger partial charge in [0.1, 0.15) is 5.82 Å². The fourth-order valence-electron chi connectivity index (χ4n) is 5.06. The maximum atomic E-state index is 15.0. The van der Waals surface area contributed by atoms with Crippen molar-refractivity contribution in [2.75, 3.05) is 13.2 Å². The number of thiazole rings is 1. The molecule has 3 atom stereocenters. The van der Waals surface area contributed by atoms with E-state index in [1.807, 2.05) is 34.9 Å². The second-order valence-corrected chi connectivity index (χ2v) is 9.99. The molecule has 3 unspecified atom stereocenters. The molecule has 2 aromatic carbocycles. The van der Waals surface area contributed by atoms with Crippen molar-refractivity contribution in [3.05, 3.63) is 59.5 Å². The van der Waals surface area contributed by atoms with Gasteiger partial charge in [0, 0.05) is 30.3 Å². The Balaban J connectivity index is 1.30. The molecule has 0 aliphatic carbocycles. The topological polar surface area (TPSA) is 81.7 Å². The Morgan fingerprint density at radius 1 is 1.21 bits per heavy atom. The van der Waals surface area contributed by atoms with Crippen molar-refractivity contribution in [2.24, 2.45) is 11.7 Å². The molecule has 2 aliphatic heterocycles. The number of fused-ring (bicyclic) bond motifs is 3. The van der Waals surface area contributed by atoms with E-state index in [1.165, 1.54) is 0 Å². The lowest BCUT2D eigenvalue weighted by molar-refractivity contribution is -0.126. The Morgan fingerprint density at radius 2 is 2.09 bits per heavy atom. The number of hydrogen-bond donors (Lipinski definition) is 2. The van der Waals surface area contributed by atoms with Gasteiger partial charge in [-0.25, -0.2) is 9.37 Å². The van der Waals surface area contributed by atoms with Crippen molar-refractivity contribution in [1.29, 1.82) is 0 Å². The summed E-state index contributed by atoms with van der Waals surface area (Å²) in [5.74, 6) is -0.642. The molecule has 2 aliphatic rings. The van der Waals surface area contributed by atoms with Gasteiger partial charge in [-0.2, -0.15) is 0 Å². The first-order valence-corrected chi connectivity index (χ1v) is 12.2. The third kappa shape index (κ3) is 3.72. The Kier molecular flexibility index (Phi) is 5.16. The number of nitrogens with two attached hydrogens (primary N) is 1. The third-order valence-corrected chi connectivity index (χ3v) is 7.93. The highest BCUT2D eigenvalue weighted by Gasteiger charge is 2.28. The van der Waals surface area contributed by atoms with Crippen LogP contribution in [0.4, 0.5) is 4.39 Å². The number of rotatable bonds is 4. The van der Waals surface area contributed by atoms with Gasteiger partial charge in [0.2, 0.25) is 5.91 Å². The smallest absolute Gasteiger partial charge is 0.220 e. The Hall–Kier alpha value is -2.81. The third-order valence-electron chi connectivity index (χ3n) is 6.91. The molecular formula is C25H25FN4O2S. The Morgan fingerprint density at radius 3 is 2.88 bits per heavy atom. The number of amides is 1. The summed E-state index contributed by atoms with van der Waals surface area (Å²) in [6.45, 7) is 1.52. The van der Waals surface area contributed by atoms with Gasteiger partial charge in [0.15, 0.2) is 4.96 Å². The van der Waals surface area contributed by atoms with Crippen LogP contribution in [0.1, 0.15) is 49.0 Å². The number of aromatic nitrogens is 2. The van der Waals surface area contributed by atoms with Crippen molar-refractivity contribution in [1.82, 2.24) is 14.7 Å². The molecule has 2 aromatic heterocycles. The zero-order valence-corrected chi connectivity index (χ0v) is 18.9. The molecule has 170 valence electrons. The van der Waals surface area contributed by atoms with Gasteiger partial charge in [-0.1, -0.05) is 23.5 Å². The van der Waals surface area contributed by atoms with E-state index in [0.717, 1.165) is 45.7 Å². The van der Waals surface area contributed by atoms with Gasteiger partial charge in [0.25, 0.3) is 0 Å². The van der Waals surface area contributed by atoms with Crippen molar-refractivity contribution in [2.45, 2.75) is 37.8 Å². The maximum absolute atomic E-state index is 15.0. The number of nitrogens with one attached hydrogen (secondary N) is 1. The molecule has 0 spiro atoms. The monoisotopic (exact) mass is 464 g/mol. The molecule has 4 heterocycles. The standard InChI is InChI=1S/C25H25FN4O2S/c26-18-10-14(19-2-1-8-28-19)3-5-17(18)20-13-30-21-6-4-15(12-23(21)33-25(30)29-20)22-11-16(24(27)31)7-9-32-22/h3-6,10,12-13,16,19,22,28H,1-2,7-9,11H2,(H2,27,31). The summed E-state index contributed by atoms with van der Waals surface area (Å²) in [7, 11) is 0. The number of carbonyl (C=O) groups is 1. The zero-order chi connectivity index (χ0) is 22.5. The van der Waals surface area contributed by atoms with E-state index in [1.54, 1.807) is 17.4 Å². The maximum Gasteiger partial charge on any atom is 0.220 e. The summed E-state index contributed by atoms with van der Waals surface area (Å²) in [4.78, 5) is 17.1. The minimum absolute atomic E-state index is 0.132. The highest BCUT2D eigenvalue weighted by molar-refractivity contribution is 7.23. The largest absolute Gasteiger partial charge is 0.373 e. The van der Waals surface area contributed by atoms with Gasteiger partial charge >= 0.3 is 0 Å². The predicted molar refractivity (Wildman–Crippen MR) is 127 cm³/mol. The molecule has 1 amide bonds. The van der Waals surface area contributed by atoms with Gasteiger partial charge in [0.05, 0.1) is 22.0 Å². The normalized spacial score (nSPS) is 23.5. The van der Waals surface area contributed by atoms with Crippen molar-refractivity contribution >= 4 is 32.4 Å². The molecule has 0 radical (unpaired) electrons. The van der Waals surface area contributed by atoms with Crippen LogP contribution in [0.3, 0.4) is 0 Å². The van der Waals surface area contributed by atoms with E-state index >= 15 is 0 Å². The number of halogens is 1. The molecule has 2 fully saturated rings. The summed E-state index contributed by atoms with van der Waals surface area (Å²) in [6, 6.07) is 11.9. The van der Waals surface area contributed by atoms with Crippen LogP contribution in [0.25, 0.3) is 26.4 Å². The number of primary amides is 1. The number of carbonyl (C=O) groups excluding carboxylic acids is 1. The lowest BCUT2D eigenvalue weighted by Crippen LogP contribution is -2.30. The fourth-order valence-corrected chi connectivity index (χ4v) is 6.12. The van der Waals surface area contributed by atoms with Gasteiger partial charge in [-0.15, -0.1) is 0 Å². The van der Waals surface area contributed by atoms with Crippen LogP contribution in [0.2, 0.25) is 0 Å². The predicted octanol–water partition coefficient (Wildman–Crippen LogP) is 4.73. The number of imidazole rings is 1. The van der Waals surface area contributed by atoms with E-state index in [0.29, 0.717) is 30.7 Å². The summed E-state index contributed by atoms with van der Waals surface area (Å²) in [6.07, 6.45) is 5.23. The van der Waals surface area contributed by atoms with E-state index < -0.39 is 0 Å². The molecule has 3 N–H and O–H groups in total. The number of hydrogen-bond acceptors (Lipinski definition) is 5. The minimum Gasteiger partial charge on any atom is -0.373 e. The average Bonchev–Trinajstić information content (AvgIpc) is 3.55. The molecule has 0 bridgehead atoms. The number of ether oxygens (including phenoxy) is 1. The van der Waals surface area contributed by atoms with E-state index in [2.05, 4.69) is 11.4 Å². The molecular weight excluding hydrogens is 439 g/mol. The van der Waals surface area contributed by atoms with E-state index in [4.69, 9.17) is 15.5 Å². The lowest BCUT2D eigenvalue weighted by Gasteiger charge is -2.28. The minimum atomic E-state index is -0.258. The highest BCUT2D eigenvalue weighted by atomic mass is 32.1. The number of benzene rings is 2. The Labute approximate surface area is 194 Å². The van der Waals surface area contributed by atoms with Crippen LogP contribution in [0.5, 0.6) is 0 Å². The van der Waals surface area contributed by atoms with Crippen LogP contribution in [0.15, 0.2) is 42.6 Å². The van der Waals surface area contributed by atoms with Crippen LogP contribution in [-0.4, -0.2) is 28.4 Å². The molecule has 6 rings (SSSR count). The summed E-state index contributed by atoms with van der Waals surface area (Å²) >= 11 is 1.56. The lowest BCUT2D eigenvalue weighted by atomic mass is 9.91. The molecule has 33 heavy (non-hydrogen) atoms. The second kappa shape index (κ2) is 8.20. The molecule has 2 saturated heterocycles. The zero-order valence-electron chi connectivity index (χ0n) is 18.1. The van der Waals surface area contributed by atoms with E-state index in [9.17, 15) is 9.18 Å². The highest BCUT2D eigenvalue weighted by Crippen LogP contribution is 2.36. The van der Waals surface area contributed by atoms with Gasteiger partial charge < -0.3 is 15.8 Å². The number of nitrogens with zero attached hydrogens (tertiary/aromatic N) is 2. The summed E-state index contributed by atoms with van der Waals surface area (Å²) in [5.41, 5.74) is 9.73. The summed E-state index contributed by atoms with van der Waals surface area (Å²) in [5, 5.41) is 3.42. The second-order valence-electron chi connectivity index (χ2n) is 8.98. The first-order chi connectivity index (χ1) is 16.1. The quantitative estimate of drug-likeness (QED) is 0.457. The average molecular weight is 465 g/mol. The first-order valence-electron chi connectivity index (χ1n) is 11.4. The SMILES string of the molecule is NC(=O)C1CCOC(c2ccc3c(c2)sc2nc(-c4ccc(C5CCCN5)cc4F)cn23)C1. The van der Waals surface area contributed by atoms with Crippen molar-refractivity contribution < 1.29 is 13.9 Å².